The number of nitrogens with one attached hydrogen (secondary N) is 3. The smallest absolute Gasteiger partial charge is 0.292 e. The normalized spacial score (nSPS) is 17.4. The highest BCUT2D eigenvalue weighted by Gasteiger charge is 2.16. The molecule has 1 heterocycles. The van der Waals surface area contributed by atoms with Gasteiger partial charge in [-0.05, 0) is 25.5 Å². The standard InChI is InChI=1S/C13H18N4O3.ClH/c18-13(16-10-4-3-7-14-8-10)9-15-11-5-1-2-6-12(11)17(19)20;/h1-2,5-6,10,14-15H,3-4,7-9H2,(H,16,18);1H/t10-;/m0./s1. The van der Waals surface area contributed by atoms with Crippen LogP contribution in [0.4, 0.5) is 11.4 Å². The summed E-state index contributed by atoms with van der Waals surface area (Å²) in [6, 6.07) is 6.43. The molecule has 2 rings (SSSR count). The number of rotatable bonds is 5. The van der Waals surface area contributed by atoms with Gasteiger partial charge in [0.05, 0.1) is 11.5 Å². The van der Waals surface area contributed by atoms with E-state index in [4.69, 9.17) is 0 Å². The highest BCUT2D eigenvalue weighted by atomic mass is 35.5. The molecule has 0 aliphatic carbocycles. The fourth-order valence-electron chi connectivity index (χ4n) is 2.21. The number of nitro groups is 1. The molecule has 1 fully saturated rings. The van der Waals surface area contributed by atoms with Crippen LogP contribution in [0.3, 0.4) is 0 Å². The van der Waals surface area contributed by atoms with Gasteiger partial charge in [0.1, 0.15) is 5.69 Å². The molecule has 0 bridgehead atoms. The summed E-state index contributed by atoms with van der Waals surface area (Å²) < 4.78 is 0. The summed E-state index contributed by atoms with van der Waals surface area (Å²) in [4.78, 5) is 22.2. The number of benzene rings is 1. The van der Waals surface area contributed by atoms with Crippen molar-refractivity contribution in [1.82, 2.24) is 10.6 Å². The van der Waals surface area contributed by atoms with Gasteiger partial charge in [-0.25, -0.2) is 0 Å². The van der Waals surface area contributed by atoms with Gasteiger partial charge in [-0.15, -0.1) is 12.4 Å². The molecule has 1 aromatic carbocycles. The fourth-order valence-corrected chi connectivity index (χ4v) is 2.21. The van der Waals surface area contributed by atoms with Crippen LogP contribution in [0, 0.1) is 10.1 Å². The van der Waals surface area contributed by atoms with E-state index < -0.39 is 4.92 Å². The molecule has 1 aromatic rings. The van der Waals surface area contributed by atoms with Crippen molar-refractivity contribution in [3.05, 3.63) is 34.4 Å². The number of nitro benzene ring substituents is 1. The second kappa shape index (κ2) is 8.43. The third-order valence-corrected chi connectivity index (χ3v) is 3.20. The summed E-state index contributed by atoms with van der Waals surface area (Å²) in [5.41, 5.74) is 0.328. The fraction of sp³-hybridized carbons (Fsp3) is 0.462. The van der Waals surface area contributed by atoms with Gasteiger partial charge in [-0.3, -0.25) is 14.9 Å². The Morgan fingerprint density at radius 2 is 2.19 bits per heavy atom. The predicted molar refractivity (Wildman–Crippen MR) is 82.9 cm³/mol. The van der Waals surface area contributed by atoms with E-state index in [-0.39, 0.29) is 36.6 Å². The summed E-state index contributed by atoms with van der Waals surface area (Å²) >= 11 is 0. The van der Waals surface area contributed by atoms with Crippen LogP contribution in [0.25, 0.3) is 0 Å². The summed E-state index contributed by atoms with van der Waals surface area (Å²) in [6.45, 7) is 1.79. The van der Waals surface area contributed by atoms with Crippen LogP contribution in [0.5, 0.6) is 0 Å². The first kappa shape index (κ1) is 17.2. The number of amides is 1. The molecule has 116 valence electrons. The zero-order valence-corrected chi connectivity index (χ0v) is 12.3. The van der Waals surface area contributed by atoms with E-state index in [0.29, 0.717) is 5.69 Å². The van der Waals surface area contributed by atoms with Crippen molar-refractivity contribution in [2.45, 2.75) is 18.9 Å². The minimum Gasteiger partial charge on any atom is -0.371 e. The Labute approximate surface area is 129 Å². The number of nitrogens with zero attached hydrogens (tertiary/aromatic N) is 1. The molecule has 0 aromatic heterocycles. The first-order chi connectivity index (χ1) is 9.66. The van der Waals surface area contributed by atoms with Crippen LogP contribution in [-0.2, 0) is 4.79 Å². The molecule has 0 unspecified atom stereocenters. The Hall–Kier alpha value is -1.86. The highest BCUT2D eigenvalue weighted by Crippen LogP contribution is 2.22. The van der Waals surface area contributed by atoms with Crippen LogP contribution in [0.1, 0.15) is 12.8 Å². The second-order valence-electron chi connectivity index (χ2n) is 4.74. The molecular weight excluding hydrogens is 296 g/mol. The highest BCUT2D eigenvalue weighted by molar-refractivity contribution is 5.85. The molecular formula is C13H19ClN4O3. The van der Waals surface area contributed by atoms with E-state index in [1.807, 2.05) is 0 Å². The Balaban J connectivity index is 0.00000220. The number of piperidine rings is 1. The van der Waals surface area contributed by atoms with Crippen LogP contribution in [0.15, 0.2) is 24.3 Å². The van der Waals surface area contributed by atoms with Crippen molar-refractivity contribution in [2.75, 3.05) is 25.0 Å². The van der Waals surface area contributed by atoms with Crippen LogP contribution < -0.4 is 16.0 Å². The molecule has 1 atom stereocenters. The van der Waals surface area contributed by atoms with Crippen LogP contribution >= 0.6 is 12.4 Å². The maximum absolute atomic E-state index is 11.8. The molecule has 1 saturated heterocycles. The van der Waals surface area contributed by atoms with Gasteiger partial charge >= 0.3 is 0 Å². The van der Waals surface area contributed by atoms with Crippen molar-refractivity contribution in [3.63, 3.8) is 0 Å². The minimum absolute atomic E-state index is 0. The van der Waals surface area contributed by atoms with Crippen molar-refractivity contribution < 1.29 is 9.72 Å². The molecule has 0 radical (unpaired) electrons. The Morgan fingerprint density at radius 3 is 2.86 bits per heavy atom. The number of para-hydroxylation sites is 2. The Morgan fingerprint density at radius 1 is 1.43 bits per heavy atom. The summed E-state index contributed by atoms with van der Waals surface area (Å²) in [7, 11) is 0. The minimum atomic E-state index is -0.467. The third-order valence-electron chi connectivity index (χ3n) is 3.20. The van der Waals surface area contributed by atoms with Gasteiger partial charge < -0.3 is 16.0 Å². The zero-order chi connectivity index (χ0) is 14.4. The second-order valence-corrected chi connectivity index (χ2v) is 4.74. The number of hydrogen-bond donors (Lipinski definition) is 3. The van der Waals surface area contributed by atoms with E-state index in [0.717, 1.165) is 25.9 Å². The van der Waals surface area contributed by atoms with Gasteiger partial charge in [-0.2, -0.15) is 0 Å². The van der Waals surface area contributed by atoms with Crippen molar-refractivity contribution in [2.24, 2.45) is 0 Å². The molecule has 3 N–H and O–H groups in total. The lowest BCUT2D eigenvalue weighted by Crippen LogP contribution is -2.47. The molecule has 7 nitrogen and oxygen atoms in total. The average molecular weight is 315 g/mol. The number of hydrogen-bond acceptors (Lipinski definition) is 5. The van der Waals surface area contributed by atoms with Crippen LogP contribution in [0.2, 0.25) is 0 Å². The van der Waals surface area contributed by atoms with E-state index in [1.54, 1.807) is 18.2 Å². The zero-order valence-electron chi connectivity index (χ0n) is 11.5. The molecule has 0 saturated carbocycles. The van der Waals surface area contributed by atoms with E-state index in [2.05, 4.69) is 16.0 Å². The van der Waals surface area contributed by atoms with Gasteiger partial charge in [-0.1, -0.05) is 12.1 Å². The first-order valence-corrected chi connectivity index (χ1v) is 6.64. The van der Waals surface area contributed by atoms with Gasteiger partial charge in [0.25, 0.3) is 5.69 Å². The topological polar surface area (TPSA) is 96.3 Å². The molecule has 8 heteroatoms. The maximum atomic E-state index is 11.8. The van der Waals surface area contributed by atoms with E-state index in [9.17, 15) is 14.9 Å². The van der Waals surface area contributed by atoms with Crippen molar-refractivity contribution in [3.8, 4) is 0 Å². The molecule has 21 heavy (non-hydrogen) atoms. The Kier molecular flexibility index (Phi) is 6.90. The Bertz CT molecular complexity index is 492. The third kappa shape index (κ3) is 5.20. The van der Waals surface area contributed by atoms with Gasteiger partial charge in [0.2, 0.25) is 5.91 Å². The van der Waals surface area contributed by atoms with E-state index in [1.165, 1.54) is 6.07 Å². The number of anilines is 1. The van der Waals surface area contributed by atoms with E-state index >= 15 is 0 Å². The van der Waals surface area contributed by atoms with Gasteiger partial charge in [0.15, 0.2) is 0 Å². The van der Waals surface area contributed by atoms with Gasteiger partial charge in [0, 0.05) is 18.7 Å². The van der Waals surface area contributed by atoms with Crippen molar-refractivity contribution in [1.29, 1.82) is 0 Å². The molecule has 1 amide bonds. The summed E-state index contributed by atoms with van der Waals surface area (Å²) in [5.74, 6) is -0.156. The largest absolute Gasteiger partial charge is 0.371 e. The monoisotopic (exact) mass is 314 g/mol. The quantitative estimate of drug-likeness (QED) is 0.562. The predicted octanol–water partition coefficient (Wildman–Crippen LogP) is 1.30. The number of halogens is 1. The lowest BCUT2D eigenvalue weighted by atomic mass is 10.1. The molecule has 1 aliphatic rings. The maximum Gasteiger partial charge on any atom is 0.292 e. The van der Waals surface area contributed by atoms with Crippen LogP contribution in [-0.4, -0.2) is 36.5 Å². The lowest BCUT2D eigenvalue weighted by Gasteiger charge is -2.23. The number of carbonyl (C=O) groups excluding carboxylic acids is 1. The number of carbonyl (C=O) groups is 1. The SMILES string of the molecule is Cl.O=C(CNc1ccccc1[N+](=O)[O-])N[C@H]1CCCNC1. The molecule has 1 aliphatic heterocycles. The molecule has 0 spiro atoms. The summed E-state index contributed by atoms with van der Waals surface area (Å²) in [5, 5.41) is 19.8. The van der Waals surface area contributed by atoms with Crippen molar-refractivity contribution >= 4 is 29.7 Å². The average Bonchev–Trinajstić information content (AvgIpc) is 2.46. The first-order valence-electron chi connectivity index (χ1n) is 6.64. The lowest BCUT2D eigenvalue weighted by molar-refractivity contribution is -0.383. The summed E-state index contributed by atoms with van der Waals surface area (Å²) in [6.07, 6.45) is 2.01.